The lowest BCUT2D eigenvalue weighted by Gasteiger charge is -2.20. The van der Waals surface area contributed by atoms with Gasteiger partial charge in [-0.3, -0.25) is 14.5 Å². The SMILES string of the molecule is COC(=O)N1CCCN(C(=O)/C=C/c2cn(Cc3ccccc3)nc2-c2cccnc2)CC1. The van der Waals surface area contributed by atoms with E-state index >= 15 is 0 Å². The van der Waals surface area contributed by atoms with Gasteiger partial charge in [0.2, 0.25) is 5.91 Å². The third-order valence-corrected chi connectivity index (χ3v) is 5.56. The van der Waals surface area contributed by atoms with E-state index in [1.54, 1.807) is 28.3 Å². The molecule has 3 heterocycles. The molecular formula is C25H27N5O3. The van der Waals surface area contributed by atoms with Gasteiger partial charge in [0.1, 0.15) is 5.69 Å². The molecule has 170 valence electrons. The van der Waals surface area contributed by atoms with Gasteiger partial charge < -0.3 is 14.5 Å². The topological polar surface area (TPSA) is 80.6 Å². The van der Waals surface area contributed by atoms with Crippen molar-refractivity contribution in [2.24, 2.45) is 0 Å². The molecule has 2 aromatic heterocycles. The minimum absolute atomic E-state index is 0.0883. The number of carbonyl (C=O) groups excluding carboxylic acids is 2. The maximum atomic E-state index is 12.9. The van der Waals surface area contributed by atoms with E-state index in [-0.39, 0.29) is 12.0 Å². The van der Waals surface area contributed by atoms with Gasteiger partial charge in [-0.25, -0.2) is 4.79 Å². The van der Waals surface area contributed by atoms with E-state index in [2.05, 4.69) is 17.1 Å². The molecule has 0 spiro atoms. The summed E-state index contributed by atoms with van der Waals surface area (Å²) >= 11 is 0. The highest BCUT2D eigenvalue weighted by Gasteiger charge is 2.21. The first-order valence-corrected chi connectivity index (χ1v) is 11.0. The predicted molar refractivity (Wildman–Crippen MR) is 125 cm³/mol. The lowest BCUT2D eigenvalue weighted by atomic mass is 10.1. The van der Waals surface area contributed by atoms with Crippen LogP contribution in [-0.4, -0.2) is 69.9 Å². The van der Waals surface area contributed by atoms with Crippen molar-refractivity contribution in [3.8, 4) is 11.3 Å². The molecule has 0 N–H and O–H groups in total. The zero-order valence-electron chi connectivity index (χ0n) is 18.6. The van der Waals surface area contributed by atoms with E-state index in [0.717, 1.165) is 22.4 Å². The number of methoxy groups -OCH3 is 1. The van der Waals surface area contributed by atoms with Crippen molar-refractivity contribution in [2.45, 2.75) is 13.0 Å². The zero-order chi connectivity index (χ0) is 23.0. The van der Waals surface area contributed by atoms with Gasteiger partial charge in [0, 0.05) is 62.0 Å². The van der Waals surface area contributed by atoms with E-state index in [0.29, 0.717) is 39.1 Å². The van der Waals surface area contributed by atoms with Crippen LogP contribution in [0.2, 0.25) is 0 Å². The lowest BCUT2D eigenvalue weighted by molar-refractivity contribution is -0.125. The summed E-state index contributed by atoms with van der Waals surface area (Å²) < 4.78 is 6.68. The van der Waals surface area contributed by atoms with Crippen LogP contribution in [0.5, 0.6) is 0 Å². The van der Waals surface area contributed by atoms with Crippen molar-refractivity contribution in [2.75, 3.05) is 33.3 Å². The lowest BCUT2D eigenvalue weighted by Crippen LogP contribution is -2.36. The Bertz CT molecular complexity index is 1110. The number of pyridine rings is 1. The van der Waals surface area contributed by atoms with Crippen LogP contribution >= 0.6 is 0 Å². The van der Waals surface area contributed by atoms with Crippen LogP contribution < -0.4 is 0 Å². The van der Waals surface area contributed by atoms with Crippen LogP contribution in [0.25, 0.3) is 17.3 Å². The van der Waals surface area contributed by atoms with Gasteiger partial charge in [-0.05, 0) is 30.2 Å². The molecule has 1 aromatic carbocycles. The van der Waals surface area contributed by atoms with Gasteiger partial charge in [-0.1, -0.05) is 30.3 Å². The summed E-state index contributed by atoms with van der Waals surface area (Å²) in [6.45, 7) is 2.74. The standard InChI is InChI=1S/C25H27N5O3/c1-33-25(32)29-14-6-13-28(15-16-29)23(31)11-10-22-19-30(18-20-7-3-2-4-8-20)27-24(22)21-9-5-12-26-17-21/h2-5,7-12,17,19H,6,13-16,18H2,1H3/b11-10+. The molecule has 8 nitrogen and oxygen atoms in total. The number of nitrogens with zero attached hydrogens (tertiary/aromatic N) is 5. The molecular weight excluding hydrogens is 418 g/mol. The highest BCUT2D eigenvalue weighted by Crippen LogP contribution is 2.23. The molecule has 8 heteroatoms. The van der Waals surface area contributed by atoms with Crippen LogP contribution in [0.15, 0.2) is 67.1 Å². The quantitative estimate of drug-likeness (QED) is 0.563. The number of benzene rings is 1. The Morgan fingerprint density at radius 3 is 2.58 bits per heavy atom. The van der Waals surface area contributed by atoms with Crippen molar-refractivity contribution < 1.29 is 14.3 Å². The second-order valence-corrected chi connectivity index (χ2v) is 7.83. The first-order chi connectivity index (χ1) is 16.1. The molecule has 0 unspecified atom stereocenters. The van der Waals surface area contributed by atoms with E-state index in [9.17, 15) is 9.59 Å². The molecule has 0 bridgehead atoms. The summed E-state index contributed by atoms with van der Waals surface area (Å²) in [6.07, 6.45) is 9.18. The molecule has 2 amide bonds. The number of hydrogen-bond donors (Lipinski definition) is 0. The Morgan fingerprint density at radius 1 is 1.03 bits per heavy atom. The predicted octanol–water partition coefficient (Wildman–Crippen LogP) is 3.31. The van der Waals surface area contributed by atoms with Crippen molar-refractivity contribution in [1.29, 1.82) is 0 Å². The molecule has 1 aliphatic heterocycles. The summed E-state index contributed by atoms with van der Waals surface area (Å²) in [4.78, 5) is 32.3. The Morgan fingerprint density at radius 2 is 1.82 bits per heavy atom. The average Bonchev–Trinajstić information content (AvgIpc) is 3.09. The number of rotatable bonds is 5. The highest BCUT2D eigenvalue weighted by molar-refractivity contribution is 5.93. The van der Waals surface area contributed by atoms with Crippen molar-refractivity contribution in [3.63, 3.8) is 0 Å². The number of carbonyl (C=O) groups is 2. The van der Waals surface area contributed by atoms with Gasteiger partial charge in [0.15, 0.2) is 0 Å². The Labute approximate surface area is 193 Å². The fourth-order valence-electron chi connectivity index (χ4n) is 3.85. The molecule has 1 aliphatic rings. The normalized spacial score (nSPS) is 14.3. The van der Waals surface area contributed by atoms with Gasteiger partial charge in [0.25, 0.3) is 0 Å². The van der Waals surface area contributed by atoms with Crippen LogP contribution in [0, 0.1) is 0 Å². The van der Waals surface area contributed by atoms with E-state index in [1.165, 1.54) is 7.11 Å². The van der Waals surface area contributed by atoms with Crippen LogP contribution in [0.4, 0.5) is 4.79 Å². The highest BCUT2D eigenvalue weighted by atomic mass is 16.5. The first kappa shape index (κ1) is 22.3. The molecule has 1 saturated heterocycles. The van der Waals surface area contributed by atoms with Gasteiger partial charge in [-0.2, -0.15) is 5.10 Å². The second-order valence-electron chi connectivity index (χ2n) is 7.83. The van der Waals surface area contributed by atoms with Crippen molar-refractivity contribution in [3.05, 3.63) is 78.3 Å². The smallest absolute Gasteiger partial charge is 0.409 e. The second kappa shape index (κ2) is 10.6. The number of ether oxygens (including phenoxy) is 1. The maximum absolute atomic E-state index is 12.9. The third-order valence-electron chi connectivity index (χ3n) is 5.56. The Balaban J connectivity index is 1.52. The molecule has 0 aliphatic carbocycles. The molecule has 33 heavy (non-hydrogen) atoms. The fourth-order valence-corrected chi connectivity index (χ4v) is 3.85. The summed E-state index contributed by atoms with van der Waals surface area (Å²) in [5.74, 6) is -0.0883. The summed E-state index contributed by atoms with van der Waals surface area (Å²) in [7, 11) is 1.37. The number of aromatic nitrogens is 3. The van der Waals surface area contributed by atoms with E-state index in [4.69, 9.17) is 9.84 Å². The van der Waals surface area contributed by atoms with Crippen molar-refractivity contribution in [1.82, 2.24) is 24.6 Å². The Hall–Kier alpha value is -3.94. The first-order valence-electron chi connectivity index (χ1n) is 11.0. The summed E-state index contributed by atoms with van der Waals surface area (Å²) in [6, 6.07) is 13.9. The molecule has 0 radical (unpaired) electrons. The van der Waals surface area contributed by atoms with Crippen LogP contribution in [-0.2, 0) is 16.1 Å². The number of hydrogen-bond acceptors (Lipinski definition) is 5. The van der Waals surface area contributed by atoms with E-state index in [1.807, 2.05) is 47.3 Å². The minimum atomic E-state index is -0.355. The summed E-state index contributed by atoms with van der Waals surface area (Å²) in [5, 5.41) is 4.76. The average molecular weight is 446 g/mol. The van der Waals surface area contributed by atoms with Crippen LogP contribution in [0.1, 0.15) is 17.5 Å². The molecule has 0 atom stereocenters. The van der Waals surface area contributed by atoms with Gasteiger partial charge >= 0.3 is 6.09 Å². The molecule has 3 aromatic rings. The third kappa shape index (κ3) is 5.65. The largest absolute Gasteiger partial charge is 0.453 e. The maximum Gasteiger partial charge on any atom is 0.409 e. The monoisotopic (exact) mass is 445 g/mol. The Kier molecular flexibility index (Phi) is 7.14. The fraction of sp³-hybridized carbons (Fsp3) is 0.280. The van der Waals surface area contributed by atoms with Gasteiger partial charge in [0.05, 0.1) is 13.7 Å². The van der Waals surface area contributed by atoms with Crippen LogP contribution in [0.3, 0.4) is 0 Å². The molecule has 4 rings (SSSR count). The summed E-state index contributed by atoms with van der Waals surface area (Å²) in [5.41, 5.74) is 3.65. The van der Waals surface area contributed by atoms with Gasteiger partial charge in [-0.15, -0.1) is 0 Å². The van der Waals surface area contributed by atoms with Crippen molar-refractivity contribution >= 4 is 18.1 Å². The molecule has 0 saturated carbocycles. The number of amides is 2. The minimum Gasteiger partial charge on any atom is -0.453 e. The zero-order valence-corrected chi connectivity index (χ0v) is 18.6. The van der Waals surface area contributed by atoms with E-state index < -0.39 is 0 Å². The molecule has 1 fully saturated rings.